The summed E-state index contributed by atoms with van der Waals surface area (Å²) in [4.78, 5) is 4.44. The van der Waals surface area contributed by atoms with Crippen LogP contribution in [0.4, 0.5) is 0 Å². The van der Waals surface area contributed by atoms with E-state index in [-0.39, 0.29) is 0 Å². The van der Waals surface area contributed by atoms with E-state index in [2.05, 4.69) is 43.1 Å². The van der Waals surface area contributed by atoms with Crippen LogP contribution >= 0.6 is 11.6 Å². The zero-order chi connectivity index (χ0) is 15.4. The molecular formula is C15H21ClN4O. The van der Waals surface area contributed by atoms with Gasteiger partial charge in [0.1, 0.15) is 0 Å². The Kier molecular flexibility index (Phi) is 5.20. The van der Waals surface area contributed by atoms with Crippen LogP contribution in [0.3, 0.4) is 0 Å². The van der Waals surface area contributed by atoms with E-state index in [1.165, 1.54) is 0 Å². The third kappa shape index (κ3) is 4.44. The third-order valence-corrected chi connectivity index (χ3v) is 3.24. The number of ether oxygens (including phenoxy) is 1. The normalized spacial score (nSPS) is 11.4. The molecule has 0 aliphatic carbocycles. The molecule has 0 saturated heterocycles. The Morgan fingerprint density at radius 1 is 1.29 bits per heavy atom. The average Bonchev–Trinajstić information content (AvgIpc) is 2.88. The Balaban J connectivity index is 2.10. The van der Waals surface area contributed by atoms with Crippen LogP contribution in [0.5, 0.6) is 11.6 Å². The third-order valence-electron chi connectivity index (χ3n) is 2.90. The Labute approximate surface area is 130 Å². The molecule has 0 aromatic carbocycles. The van der Waals surface area contributed by atoms with E-state index in [4.69, 9.17) is 16.3 Å². The van der Waals surface area contributed by atoms with E-state index >= 15 is 0 Å². The van der Waals surface area contributed by atoms with Gasteiger partial charge in [0.15, 0.2) is 5.75 Å². The molecule has 0 amide bonds. The van der Waals surface area contributed by atoms with Gasteiger partial charge in [0.2, 0.25) is 5.88 Å². The maximum absolute atomic E-state index is 6.15. The molecule has 0 aliphatic heterocycles. The van der Waals surface area contributed by atoms with Crippen molar-refractivity contribution in [3.63, 3.8) is 0 Å². The zero-order valence-corrected chi connectivity index (χ0v) is 13.6. The van der Waals surface area contributed by atoms with Crippen molar-refractivity contribution in [1.29, 1.82) is 0 Å². The van der Waals surface area contributed by atoms with E-state index < -0.39 is 0 Å². The SMILES string of the molecule is CC(C)NCc1nc(Oc2cnn(C(C)C)c2)ccc1Cl. The first-order chi connectivity index (χ1) is 9.95. The first kappa shape index (κ1) is 15.8. The second kappa shape index (κ2) is 6.91. The summed E-state index contributed by atoms with van der Waals surface area (Å²) in [5, 5.41) is 8.16. The van der Waals surface area contributed by atoms with Gasteiger partial charge in [-0.15, -0.1) is 0 Å². The van der Waals surface area contributed by atoms with Gasteiger partial charge in [-0.1, -0.05) is 25.4 Å². The number of halogens is 1. The van der Waals surface area contributed by atoms with Gasteiger partial charge in [0.25, 0.3) is 0 Å². The Bertz CT molecular complexity index is 595. The standard InChI is InChI=1S/C15H21ClN4O/c1-10(2)17-8-14-13(16)5-6-15(19-14)21-12-7-18-20(9-12)11(3)4/h5-7,9-11,17H,8H2,1-4H3. The summed E-state index contributed by atoms with van der Waals surface area (Å²) in [5.74, 6) is 1.18. The molecule has 1 N–H and O–H groups in total. The van der Waals surface area contributed by atoms with E-state index in [0.29, 0.717) is 35.3 Å². The fourth-order valence-corrected chi connectivity index (χ4v) is 1.89. The molecule has 2 aromatic heterocycles. The number of aromatic nitrogens is 3. The van der Waals surface area contributed by atoms with Crippen molar-refractivity contribution in [1.82, 2.24) is 20.1 Å². The summed E-state index contributed by atoms with van der Waals surface area (Å²) in [7, 11) is 0. The first-order valence-electron chi connectivity index (χ1n) is 7.06. The van der Waals surface area contributed by atoms with Gasteiger partial charge in [-0.05, 0) is 19.9 Å². The van der Waals surface area contributed by atoms with E-state index in [0.717, 1.165) is 5.69 Å². The molecule has 0 spiro atoms. The molecule has 2 aromatic rings. The van der Waals surface area contributed by atoms with Gasteiger partial charge >= 0.3 is 0 Å². The van der Waals surface area contributed by atoms with Gasteiger partial charge in [0.05, 0.1) is 23.1 Å². The lowest BCUT2D eigenvalue weighted by atomic mass is 10.3. The van der Waals surface area contributed by atoms with Gasteiger partial charge in [0, 0.05) is 24.7 Å². The molecule has 2 rings (SSSR count). The maximum Gasteiger partial charge on any atom is 0.219 e. The average molecular weight is 309 g/mol. The predicted octanol–water partition coefficient (Wildman–Crippen LogP) is 3.80. The highest BCUT2D eigenvalue weighted by Crippen LogP contribution is 2.23. The van der Waals surface area contributed by atoms with Gasteiger partial charge < -0.3 is 10.1 Å². The quantitative estimate of drug-likeness (QED) is 0.882. The van der Waals surface area contributed by atoms with E-state index in [1.54, 1.807) is 18.3 Å². The first-order valence-corrected chi connectivity index (χ1v) is 7.44. The highest BCUT2D eigenvalue weighted by molar-refractivity contribution is 6.31. The summed E-state index contributed by atoms with van der Waals surface area (Å²) in [6.07, 6.45) is 3.54. The van der Waals surface area contributed by atoms with Gasteiger partial charge in [-0.25, -0.2) is 4.98 Å². The predicted molar refractivity (Wildman–Crippen MR) is 83.9 cm³/mol. The van der Waals surface area contributed by atoms with E-state index in [1.807, 2.05) is 10.9 Å². The fourth-order valence-electron chi connectivity index (χ4n) is 1.72. The number of hydrogen-bond acceptors (Lipinski definition) is 4. The monoisotopic (exact) mass is 308 g/mol. The molecule has 5 nitrogen and oxygen atoms in total. The molecule has 0 saturated carbocycles. The van der Waals surface area contributed by atoms with Crippen LogP contribution < -0.4 is 10.1 Å². The summed E-state index contributed by atoms with van der Waals surface area (Å²) < 4.78 is 7.57. The second-order valence-corrected chi connectivity index (χ2v) is 5.87. The van der Waals surface area contributed by atoms with Crippen molar-refractivity contribution in [3.05, 3.63) is 35.2 Å². The zero-order valence-electron chi connectivity index (χ0n) is 12.8. The lowest BCUT2D eigenvalue weighted by Crippen LogP contribution is -2.22. The minimum Gasteiger partial charge on any atom is -0.436 e. The highest BCUT2D eigenvalue weighted by atomic mass is 35.5. The minimum atomic E-state index is 0.298. The molecule has 6 heteroatoms. The summed E-state index contributed by atoms with van der Waals surface area (Å²) >= 11 is 6.15. The molecule has 0 fully saturated rings. The molecule has 114 valence electrons. The minimum absolute atomic E-state index is 0.298. The lowest BCUT2D eigenvalue weighted by Gasteiger charge is -2.10. The van der Waals surface area contributed by atoms with Crippen molar-refractivity contribution >= 4 is 11.6 Å². The van der Waals surface area contributed by atoms with Gasteiger partial charge in [-0.2, -0.15) is 5.10 Å². The topological polar surface area (TPSA) is 52.0 Å². The van der Waals surface area contributed by atoms with Crippen molar-refractivity contribution in [2.75, 3.05) is 0 Å². The Morgan fingerprint density at radius 2 is 2.05 bits per heavy atom. The summed E-state index contributed by atoms with van der Waals surface area (Å²) in [6.45, 7) is 8.89. The highest BCUT2D eigenvalue weighted by Gasteiger charge is 2.08. The Morgan fingerprint density at radius 3 is 2.67 bits per heavy atom. The van der Waals surface area contributed by atoms with Crippen LogP contribution in [0.2, 0.25) is 5.02 Å². The smallest absolute Gasteiger partial charge is 0.219 e. The number of pyridine rings is 1. The number of hydrogen-bond donors (Lipinski definition) is 1. The number of nitrogens with one attached hydrogen (secondary N) is 1. The molecule has 2 heterocycles. The molecule has 0 bridgehead atoms. The summed E-state index contributed by atoms with van der Waals surface area (Å²) in [6, 6.07) is 4.23. The van der Waals surface area contributed by atoms with Crippen molar-refractivity contribution < 1.29 is 4.74 Å². The maximum atomic E-state index is 6.15. The number of rotatable bonds is 6. The second-order valence-electron chi connectivity index (χ2n) is 5.47. The van der Waals surface area contributed by atoms with Crippen molar-refractivity contribution in [2.24, 2.45) is 0 Å². The lowest BCUT2D eigenvalue weighted by molar-refractivity contribution is 0.455. The van der Waals surface area contributed by atoms with Crippen LogP contribution in [0.25, 0.3) is 0 Å². The van der Waals surface area contributed by atoms with Crippen LogP contribution in [-0.2, 0) is 6.54 Å². The van der Waals surface area contributed by atoms with Crippen LogP contribution in [0, 0.1) is 0 Å². The molecule has 0 aliphatic rings. The van der Waals surface area contributed by atoms with Crippen molar-refractivity contribution in [3.8, 4) is 11.6 Å². The largest absolute Gasteiger partial charge is 0.436 e. The van der Waals surface area contributed by atoms with Crippen LogP contribution in [0.15, 0.2) is 24.5 Å². The Hall–Kier alpha value is -1.59. The molecule has 0 radical (unpaired) electrons. The van der Waals surface area contributed by atoms with Crippen molar-refractivity contribution in [2.45, 2.75) is 46.3 Å². The van der Waals surface area contributed by atoms with E-state index in [9.17, 15) is 0 Å². The van der Waals surface area contributed by atoms with Crippen LogP contribution in [0.1, 0.15) is 39.4 Å². The molecule has 0 unspecified atom stereocenters. The molecular weight excluding hydrogens is 288 g/mol. The van der Waals surface area contributed by atoms with Crippen LogP contribution in [-0.4, -0.2) is 20.8 Å². The van der Waals surface area contributed by atoms with Gasteiger partial charge in [-0.3, -0.25) is 4.68 Å². The molecule has 0 atom stereocenters. The number of nitrogens with zero attached hydrogens (tertiary/aromatic N) is 3. The summed E-state index contributed by atoms with van der Waals surface area (Å²) in [5.41, 5.74) is 0.777. The molecule has 21 heavy (non-hydrogen) atoms. The fraction of sp³-hybridized carbons (Fsp3) is 0.467.